The lowest BCUT2D eigenvalue weighted by Crippen LogP contribution is -1.90. The van der Waals surface area contributed by atoms with Crippen LogP contribution in [0.25, 0.3) is 110 Å². The van der Waals surface area contributed by atoms with Crippen LogP contribution in [-0.4, -0.2) is 0 Å². The number of furan rings is 3. The molecule has 11 rings (SSSR count). The Labute approximate surface area is 280 Å². The second-order valence-corrected chi connectivity index (χ2v) is 12.8. The van der Waals surface area contributed by atoms with Crippen LogP contribution in [0.15, 0.2) is 171 Å². The first-order chi connectivity index (χ1) is 24.3. The minimum atomic E-state index is 0.819. The Morgan fingerprint density at radius 3 is 1.55 bits per heavy atom. The number of para-hydroxylation sites is 1. The average Bonchev–Trinajstić information content (AvgIpc) is 3.85. The molecule has 0 spiro atoms. The van der Waals surface area contributed by atoms with Gasteiger partial charge in [0.25, 0.3) is 0 Å². The van der Waals surface area contributed by atoms with Gasteiger partial charge >= 0.3 is 0 Å². The van der Waals surface area contributed by atoms with E-state index < -0.39 is 0 Å². The van der Waals surface area contributed by atoms with Crippen molar-refractivity contribution in [2.75, 3.05) is 0 Å². The quantitative estimate of drug-likeness (QED) is 0.183. The minimum Gasteiger partial charge on any atom is -0.464 e. The Morgan fingerprint density at radius 2 is 0.816 bits per heavy atom. The van der Waals surface area contributed by atoms with E-state index in [0.29, 0.717) is 0 Å². The summed E-state index contributed by atoms with van der Waals surface area (Å²) < 4.78 is 18.8. The van der Waals surface area contributed by atoms with E-state index in [0.717, 1.165) is 71.5 Å². The lowest BCUT2D eigenvalue weighted by molar-refractivity contribution is 0.614. The summed E-state index contributed by atoms with van der Waals surface area (Å²) in [5.74, 6) is 0. The highest BCUT2D eigenvalue weighted by molar-refractivity contribution is 6.23. The second-order valence-electron chi connectivity index (χ2n) is 12.8. The Hall–Kier alpha value is -6.58. The van der Waals surface area contributed by atoms with E-state index in [2.05, 4.69) is 127 Å². The van der Waals surface area contributed by atoms with E-state index in [1.807, 2.05) is 30.5 Å². The molecule has 3 aromatic heterocycles. The summed E-state index contributed by atoms with van der Waals surface area (Å²) in [5, 5.41) is 10.3. The zero-order valence-electron chi connectivity index (χ0n) is 26.2. The van der Waals surface area contributed by atoms with Gasteiger partial charge in [0, 0.05) is 38.6 Å². The highest BCUT2D eigenvalue weighted by Gasteiger charge is 2.20. The van der Waals surface area contributed by atoms with Crippen molar-refractivity contribution in [2.45, 2.75) is 0 Å². The van der Waals surface area contributed by atoms with Crippen molar-refractivity contribution in [1.29, 1.82) is 0 Å². The molecule has 49 heavy (non-hydrogen) atoms. The number of rotatable bonds is 3. The van der Waals surface area contributed by atoms with Crippen molar-refractivity contribution in [3.8, 4) is 33.4 Å². The summed E-state index contributed by atoms with van der Waals surface area (Å²) in [6.07, 6.45) is 1.84. The van der Waals surface area contributed by atoms with Crippen LogP contribution in [0.1, 0.15) is 0 Å². The van der Waals surface area contributed by atoms with Crippen LogP contribution in [0.3, 0.4) is 0 Å². The monoisotopic (exact) mass is 626 g/mol. The first kappa shape index (κ1) is 26.5. The summed E-state index contributed by atoms with van der Waals surface area (Å²) >= 11 is 0. The molecule has 0 radical (unpaired) electrons. The van der Waals surface area contributed by atoms with E-state index in [-0.39, 0.29) is 0 Å². The maximum atomic E-state index is 6.55. The maximum absolute atomic E-state index is 6.55. The van der Waals surface area contributed by atoms with Gasteiger partial charge in [-0.3, -0.25) is 0 Å². The van der Waals surface area contributed by atoms with E-state index in [4.69, 9.17) is 13.3 Å². The van der Waals surface area contributed by atoms with E-state index >= 15 is 0 Å². The zero-order chi connectivity index (χ0) is 32.1. The average molecular weight is 627 g/mol. The molecule has 0 fully saturated rings. The van der Waals surface area contributed by atoms with Crippen molar-refractivity contribution in [2.24, 2.45) is 0 Å². The van der Waals surface area contributed by atoms with E-state index in [1.165, 1.54) is 38.2 Å². The Balaban J connectivity index is 1.14. The maximum Gasteiger partial charge on any atom is 0.139 e. The lowest BCUT2D eigenvalue weighted by atomic mass is 9.85. The van der Waals surface area contributed by atoms with Crippen molar-refractivity contribution in [3.05, 3.63) is 158 Å². The number of benzene rings is 8. The normalized spacial score (nSPS) is 12.1. The first-order valence-corrected chi connectivity index (χ1v) is 16.6. The molecule has 0 aliphatic carbocycles. The Kier molecular flexibility index (Phi) is 5.38. The Bertz CT molecular complexity index is 3040. The van der Waals surface area contributed by atoms with Gasteiger partial charge in [-0.1, -0.05) is 109 Å². The summed E-state index contributed by atoms with van der Waals surface area (Å²) in [7, 11) is 0. The van der Waals surface area contributed by atoms with Gasteiger partial charge in [-0.15, -0.1) is 0 Å². The van der Waals surface area contributed by atoms with Gasteiger partial charge in [0.1, 0.15) is 27.9 Å². The van der Waals surface area contributed by atoms with Gasteiger partial charge in [-0.25, -0.2) is 0 Å². The fourth-order valence-corrected chi connectivity index (χ4v) is 7.93. The molecule has 8 aromatic carbocycles. The van der Waals surface area contributed by atoms with Crippen molar-refractivity contribution in [1.82, 2.24) is 0 Å². The molecule has 3 heterocycles. The molecule has 0 saturated carbocycles. The fourth-order valence-electron chi connectivity index (χ4n) is 7.93. The van der Waals surface area contributed by atoms with Gasteiger partial charge < -0.3 is 13.3 Å². The third-order valence-electron chi connectivity index (χ3n) is 10.1. The van der Waals surface area contributed by atoms with Gasteiger partial charge in [0.05, 0.1) is 6.26 Å². The third kappa shape index (κ3) is 3.84. The highest BCUT2D eigenvalue weighted by atomic mass is 16.3. The zero-order valence-corrected chi connectivity index (χ0v) is 26.2. The van der Waals surface area contributed by atoms with Gasteiger partial charge in [-0.2, -0.15) is 0 Å². The molecule has 11 aromatic rings. The van der Waals surface area contributed by atoms with Crippen LogP contribution < -0.4 is 0 Å². The largest absolute Gasteiger partial charge is 0.464 e. The predicted octanol–water partition coefficient (Wildman–Crippen LogP) is 13.5. The molecule has 0 saturated heterocycles. The van der Waals surface area contributed by atoms with E-state index in [9.17, 15) is 0 Å². The number of hydrogen-bond donors (Lipinski definition) is 0. The minimum absolute atomic E-state index is 0.819. The van der Waals surface area contributed by atoms with Crippen molar-refractivity contribution >= 4 is 76.4 Å². The summed E-state index contributed by atoms with van der Waals surface area (Å²) in [5.41, 5.74) is 11.2. The summed E-state index contributed by atoms with van der Waals surface area (Å²) in [6, 6.07) is 53.6. The SMILES string of the molecule is c1ccc(-c2coc3cc4oc5cc(-c6c7ccccc7c(-c7ccc8oc9ccccc9c8c7)c7ccccc67)ccc5c4cc23)cc1. The van der Waals surface area contributed by atoms with Crippen LogP contribution in [0.2, 0.25) is 0 Å². The molecular formula is C46H26O3. The predicted molar refractivity (Wildman–Crippen MR) is 202 cm³/mol. The van der Waals surface area contributed by atoms with Crippen molar-refractivity contribution < 1.29 is 13.3 Å². The molecule has 0 unspecified atom stereocenters. The van der Waals surface area contributed by atoms with Crippen LogP contribution >= 0.6 is 0 Å². The van der Waals surface area contributed by atoms with Gasteiger partial charge in [0.2, 0.25) is 0 Å². The third-order valence-corrected chi connectivity index (χ3v) is 10.1. The molecule has 3 heteroatoms. The summed E-state index contributed by atoms with van der Waals surface area (Å²) in [6.45, 7) is 0. The molecule has 3 nitrogen and oxygen atoms in total. The van der Waals surface area contributed by atoms with Crippen LogP contribution in [0.4, 0.5) is 0 Å². The lowest BCUT2D eigenvalue weighted by Gasteiger charge is -2.17. The van der Waals surface area contributed by atoms with Crippen LogP contribution in [0, 0.1) is 0 Å². The molecule has 0 N–H and O–H groups in total. The van der Waals surface area contributed by atoms with Crippen molar-refractivity contribution in [3.63, 3.8) is 0 Å². The topological polar surface area (TPSA) is 39.4 Å². The first-order valence-electron chi connectivity index (χ1n) is 16.6. The molecule has 0 aliphatic rings. The standard InChI is InChI=1S/C46H26O3/c1-2-10-27(11-3-1)39-26-47-42-25-44-37(24-38(39)42)31-20-18-29(23-43(31)49-44)46-34-15-6-4-13-32(34)45(33-14-5-7-16-35(33)46)28-19-21-41-36(22-28)30-12-8-9-17-40(30)48-41/h1-26H. The van der Waals surface area contributed by atoms with E-state index in [1.54, 1.807) is 0 Å². The van der Waals surface area contributed by atoms with Crippen LogP contribution in [-0.2, 0) is 0 Å². The molecule has 0 amide bonds. The van der Waals surface area contributed by atoms with Gasteiger partial charge in [-0.05, 0) is 85.8 Å². The smallest absolute Gasteiger partial charge is 0.139 e. The Morgan fingerprint density at radius 1 is 0.286 bits per heavy atom. The summed E-state index contributed by atoms with van der Waals surface area (Å²) in [4.78, 5) is 0. The highest BCUT2D eigenvalue weighted by Crippen LogP contribution is 2.46. The molecule has 0 atom stereocenters. The molecule has 0 aliphatic heterocycles. The molecule has 0 bridgehead atoms. The number of hydrogen-bond acceptors (Lipinski definition) is 3. The fraction of sp³-hybridized carbons (Fsp3) is 0. The molecular weight excluding hydrogens is 601 g/mol. The van der Waals surface area contributed by atoms with Gasteiger partial charge in [0.15, 0.2) is 0 Å². The van der Waals surface area contributed by atoms with Crippen LogP contribution in [0.5, 0.6) is 0 Å². The second kappa shape index (κ2) is 9.96. The molecule has 228 valence electrons. The number of fused-ring (bicyclic) bond motifs is 9.